The van der Waals surface area contributed by atoms with E-state index in [0.717, 1.165) is 0 Å². The molecule has 4 atom stereocenters. The molecule has 0 saturated heterocycles. The summed E-state index contributed by atoms with van der Waals surface area (Å²) in [5.74, 6) is -2.76. The van der Waals surface area contributed by atoms with Gasteiger partial charge in [-0.1, -0.05) is 13.8 Å². The molecule has 0 fully saturated rings. The monoisotopic (exact) mass is 292 g/mol. The quantitative estimate of drug-likeness (QED) is 0.245. The molecule has 8 heteroatoms. The fourth-order valence-electron chi connectivity index (χ4n) is 1.41. The highest BCUT2D eigenvalue weighted by atomic mass is 16.6. The molecule has 0 aliphatic heterocycles. The van der Waals surface area contributed by atoms with Gasteiger partial charge in [0.05, 0.1) is 0 Å². The molecule has 0 aromatic heterocycles. The molecule has 8 nitrogen and oxygen atoms in total. The molecule has 0 aliphatic carbocycles. The van der Waals surface area contributed by atoms with Gasteiger partial charge in [-0.2, -0.15) is 0 Å². The normalized spacial score (nSPS) is 16.9. The van der Waals surface area contributed by atoms with Gasteiger partial charge in [-0.05, 0) is 11.8 Å². The first-order valence-electron chi connectivity index (χ1n) is 6.44. The van der Waals surface area contributed by atoms with Crippen molar-refractivity contribution in [1.82, 2.24) is 0 Å². The molecule has 118 valence electrons. The van der Waals surface area contributed by atoms with Crippen molar-refractivity contribution in [2.75, 3.05) is 13.2 Å². The fraction of sp³-hybridized carbons (Fsp3) is 0.833. The lowest BCUT2D eigenvalue weighted by Crippen LogP contribution is -2.37. The first-order valence-corrected chi connectivity index (χ1v) is 6.44. The minimum absolute atomic E-state index is 0.0976. The van der Waals surface area contributed by atoms with Gasteiger partial charge in [0, 0.05) is 26.1 Å². The van der Waals surface area contributed by atoms with Gasteiger partial charge in [-0.15, -0.1) is 0 Å². The molecule has 4 unspecified atom stereocenters. The predicted molar refractivity (Wildman–Crippen MR) is 69.9 cm³/mol. The van der Waals surface area contributed by atoms with Gasteiger partial charge in [-0.25, -0.2) is 9.59 Å². The number of hydrogen-bond donors (Lipinski definition) is 4. The smallest absolute Gasteiger partial charge is 0.419 e. The number of aliphatic hydroxyl groups is 2. The second-order valence-corrected chi connectivity index (χ2v) is 4.93. The number of rotatable bonds is 8. The lowest BCUT2D eigenvalue weighted by Gasteiger charge is -2.18. The van der Waals surface area contributed by atoms with Crippen LogP contribution in [0.5, 0.6) is 0 Å². The molecule has 6 N–H and O–H groups in total. The van der Waals surface area contributed by atoms with Crippen molar-refractivity contribution < 1.29 is 29.3 Å². The van der Waals surface area contributed by atoms with E-state index >= 15 is 0 Å². The first-order chi connectivity index (χ1) is 9.29. The third-order valence-corrected chi connectivity index (χ3v) is 2.58. The second kappa shape index (κ2) is 9.65. The van der Waals surface area contributed by atoms with Crippen LogP contribution in [0.3, 0.4) is 0 Å². The van der Waals surface area contributed by atoms with Crippen LogP contribution in [0.15, 0.2) is 0 Å². The number of carbonyl (C=O) groups is 2. The number of aliphatic hydroxyl groups excluding tert-OH is 2. The van der Waals surface area contributed by atoms with Gasteiger partial charge in [0.15, 0.2) is 12.5 Å². The Kier molecular flexibility index (Phi) is 9.06. The third-order valence-electron chi connectivity index (χ3n) is 2.58. The van der Waals surface area contributed by atoms with E-state index in [1.54, 1.807) is 13.8 Å². The van der Waals surface area contributed by atoms with Crippen molar-refractivity contribution >= 4 is 11.9 Å². The second-order valence-electron chi connectivity index (χ2n) is 4.93. The Morgan fingerprint density at radius 1 is 0.900 bits per heavy atom. The van der Waals surface area contributed by atoms with E-state index in [0.29, 0.717) is 0 Å². The van der Waals surface area contributed by atoms with Crippen LogP contribution in [0.25, 0.3) is 0 Å². The summed E-state index contributed by atoms with van der Waals surface area (Å²) < 4.78 is 9.33. The molecule has 0 aromatic rings. The highest BCUT2D eigenvalue weighted by Gasteiger charge is 2.24. The fourth-order valence-corrected chi connectivity index (χ4v) is 1.41. The average molecular weight is 292 g/mol. The predicted octanol–water partition coefficient (Wildman–Crippen LogP) is -1.32. The van der Waals surface area contributed by atoms with Gasteiger partial charge in [0.1, 0.15) is 0 Å². The van der Waals surface area contributed by atoms with E-state index in [2.05, 4.69) is 9.47 Å². The Balaban J connectivity index is 4.12. The summed E-state index contributed by atoms with van der Waals surface area (Å²) in [4.78, 5) is 22.7. The molecule has 0 heterocycles. The maximum Gasteiger partial charge on any atom is 0.419 e. The van der Waals surface area contributed by atoms with E-state index in [1.807, 2.05) is 0 Å². The molecule has 0 spiro atoms. The first kappa shape index (κ1) is 18.8. The number of hydrogen-bond acceptors (Lipinski definition) is 8. The van der Waals surface area contributed by atoms with E-state index in [9.17, 15) is 9.59 Å². The van der Waals surface area contributed by atoms with Gasteiger partial charge in [0.2, 0.25) is 0 Å². The van der Waals surface area contributed by atoms with Crippen LogP contribution in [-0.2, 0) is 19.1 Å². The molecule has 0 aliphatic rings. The molecule has 0 radical (unpaired) electrons. The van der Waals surface area contributed by atoms with Crippen molar-refractivity contribution in [2.45, 2.75) is 39.1 Å². The SMILES string of the molecule is CC(CO)CC(N)OC(=O)C(=O)OC(N)CC(C)CO. The third kappa shape index (κ3) is 8.05. The minimum atomic E-state index is -1.23. The van der Waals surface area contributed by atoms with Crippen LogP contribution in [0.1, 0.15) is 26.7 Å². The van der Waals surface area contributed by atoms with Crippen LogP contribution in [0, 0.1) is 11.8 Å². The molecule has 0 rings (SSSR count). The summed E-state index contributed by atoms with van der Waals surface area (Å²) >= 11 is 0. The molecule has 0 bridgehead atoms. The molecule has 0 saturated carbocycles. The Morgan fingerprint density at radius 2 is 1.20 bits per heavy atom. The van der Waals surface area contributed by atoms with Gasteiger partial charge < -0.3 is 19.7 Å². The van der Waals surface area contributed by atoms with E-state index in [-0.39, 0.29) is 37.9 Å². The average Bonchev–Trinajstić information content (AvgIpc) is 2.37. The molecule has 0 amide bonds. The largest absolute Gasteiger partial charge is 0.438 e. The zero-order valence-electron chi connectivity index (χ0n) is 11.8. The highest BCUT2D eigenvalue weighted by Crippen LogP contribution is 2.07. The van der Waals surface area contributed by atoms with Crippen molar-refractivity contribution in [3.8, 4) is 0 Å². The van der Waals surface area contributed by atoms with E-state index in [1.165, 1.54) is 0 Å². The molecular formula is C12H24N2O6. The Labute approximate surface area is 118 Å². The number of nitrogens with two attached hydrogens (primary N) is 2. The zero-order chi connectivity index (χ0) is 15.7. The van der Waals surface area contributed by atoms with Crippen LogP contribution >= 0.6 is 0 Å². The lowest BCUT2D eigenvalue weighted by molar-refractivity contribution is -0.174. The van der Waals surface area contributed by atoms with Crippen molar-refractivity contribution in [1.29, 1.82) is 0 Å². The summed E-state index contributed by atoms with van der Waals surface area (Å²) in [6.07, 6.45) is -1.54. The van der Waals surface area contributed by atoms with Crippen molar-refractivity contribution in [3.05, 3.63) is 0 Å². The molecular weight excluding hydrogens is 268 g/mol. The zero-order valence-corrected chi connectivity index (χ0v) is 11.8. The molecule has 20 heavy (non-hydrogen) atoms. The van der Waals surface area contributed by atoms with Gasteiger partial charge in [-0.3, -0.25) is 11.5 Å². The van der Waals surface area contributed by atoms with Gasteiger partial charge >= 0.3 is 11.9 Å². The van der Waals surface area contributed by atoms with Crippen molar-refractivity contribution in [2.24, 2.45) is 23.3 Å². The number of esters is 2. The molecule has 0 aromatic carbocycles. The summed E-state index contributed by atoms with van der Waals surface area (Å²) in [7, 11) is 0. The minimum Gasteiger partial charge on any atom is -0.438 e. The standard InChI is InChI=1S/C12H24N2O6/c1-7(5-15)3-9(13)19-11(17)12(18)20-10(14)4-8(2)6-16/h7-10,15-16H,3-6,13-14H2,1-2H3. The maximum atomic E-state index is 11.4. The highest BCUT2D eigenvalue weighted by molar-refractivity contribution is 6.29. The van der Waals surface area contributed by atoms with Crippen LogP contribution in [0.4, 0.5) is 0 Å². The van der Waals surface area contributed by atoms with E-state index < -0.39 is 24.4 Å². The van der Waals surface area contributed by atoms with Crippen molar-refractivity contribution in [3.63, 3.8) is 0 Å². The number of carbonyl (C=O) groups excluding carboxylic acids is 2. The Morgan fingerprint density at radius 3 is 1.45 bits per heavy atom. The van der Waals surface area contributed by atoms with Crippen LogP contribution < -0.4 is 11.5 Å². The van der Waals surface area contributed by atoms with Gasteiger partial charge in [0.25, 0.3) is 0 Å². The maximum absolute atomic E-state index is 11.4. The lowest BCUT2D eigenvalue weighted by atomic mass is 10.1. The summed E-state index contributed by atoms with van der Waals surface area (Å²) in [5.41, 5.74) is 11.0. The summed E-state index contributed by atoms with van der Waals surface area (Å²) in [5, 5.41) is 17.7. The van der Waals surface area contributed by atoms with E-state index in [4.69, 9.17) is 21.7 Å². The Bertz CT molecular complexity index is 282. The van der Waals surface area contributed by atoms with Crippen LogP contribution in [-0.4, -0.2) is 47.8 Å². The Hall–Kier alpha value is -1.22. The summed E-state index contributed by atoms with van der Waals surface area (Å²) in [6.45, 7) is 3.25. The van der Waals surface area contributed by atoms with Crippen LogP contribution in [0.2, 0.25) is 0 Å². The number of ether oxygens (including phenoxy) is 2. The summed E-state index contributed by atoms with van der Waals surface area (Å²) in [6, 6.07) is 0. The topological polar surface area (TPSA) is 145 Å².